The summed E-state index contributed by atoms with van der Waals surface area (Å²) in [5.41, 5.74) is 2.57. The fourth-order valence-corrected chi connectivity index (χ4v) is 7.57. The van der Waals surface area contributed by atoms with Crippen LogP contribution < -0.4 is 9.62 Å². The molecule has 0 aliphatic heterocycles. The average Bonchev–Trinajstić information content (AvgIpc) is 2.71. The first kappa shape index (κ1) is 21.4. The number of rotatable bonds is 6. The van der Waals surface area contributed by atoms with E-state index >= 15 is 0 Å². The molecule has 32 heavy (non-hydrogen) atoms. The van der Waals surface area contributed by atoms with Gasteiger partial charge >= 0.3 is 0 Å². The molecule has 5 nitrogen and oxygen atoms in total. The molecule has 6 rings (SSSR count). The number of carbonyl (C=O) groups is 1. The highest BCUT2D eigenvalue weighted by molar-refractivity contribution is 7.92. The van der Waals surface area contributed by atoms with E-state index in [0.29, 0.717) is 11.1 Å². The maximum Gasteiger partial charge on any atom is 0.245 e. The van der Waals surface area contributed by atoms with Crippen LogP contribution in [0.15, 0.2) is 48.5 Å². The van der Waals surface area contributed by atoms with Crippen molar-refractivity contribution in [3.05, 3.63) is 59.9 Å². The van der Waals surface area contributed by atoms with Gasteiger partial charge in [0.25, 0.3) is 0 Å². The number of nitrogens with zero attached hydrogens (tertiary/aromatic N) is 1. The zero-order valence-electron chi connectivity index (χ0n) is 18.3. The minimum Gasteiger partial charge on any atom is -0.325 e. The second kappa shape index (κ2) is 7.87. The van der Waals surface area contributed by atoms with Crippen LogP contribution in [-0.4, -0.2) is 27.1 Å². The second-order valence-electron chi connectivity index (χ2n) is 10.1. The highest BCUT2D eigenvalue weighted by atomic mass is 32.2. The van der Waals surface area contributed by atoms with Crippen LogP contribution in [0.5, 0.6) is 0 Å². The number of hydrogen-bond donors (Lipinski definition) is 1. The quantitative estimate of drug-likeness (QED) is 0.685. The Bertz CT molecular complexity index is 1080. The summed E-state index contributed by atoms with van der Waals surface area (Å²) in [4.78, 5) is 12.6. The van der Waals surface area contributed by atoms with Gasteiger partial charge < -0.3 is 5.32 Å². The van der Waals surface area contributed by atoms with Crippen LogP contribution in [0.2, 0.25) is 0 Å². The maximum absolute atomic E-state index is 13.2. The average molecular weight is 457 g/mol. The molecule has 0 spiro atoms. The van der Waals surface area contributed by atoms with Crippen LogP contribution in [0, 0.1) is 23.6 Å². The fourth-order valence-electron chi connectivity index (χ4n) is 6.71. The lowest BCUT2D eigenvalue weighted by Gasteiger charge is -2.57. The number of benzene rings is 2. The molecule has 2 aromatic rings. The monoisotopic (exact) mass is 456 g/mol. The Kier molecular flexibility index (Phi) is 5.27. The Labute approximate surface area is 189 Å². The van der Waals surface area contributed by atoms with Gasteiger partial charge in [-0.25, -0.2) is 12.8 Å². The van der Waals surface area contributed by atoms with E-state index in [2.05, 4.69) is 17.4 Å². The predicted molar refractivity (Wildman–Crippen MR) is 124 cm³/mol. The first-order valence-corrected chi connectivity index (χ1v) is 13.2. The van der Waals surface area contributed by atoms with E-state index in [-0.39, 0.29) is 12.2 Å². The van der Waals surface area contributed by atoms with Gasteiger partial charge in [-0.05, 0) is 104 Å². The molecule has 4 fully saturated rings. The summed E-state index contributed by atoms with van der Waals surface area (Å²) in [6.45, 7) is -0.374. The van der Waals surface area contributed by atoms with Gasteiger partial charge in [0.2, 0.25) is 15.9 Å². The molecule has 4 aliphatic carbocycles. The van der Waals surface area contributed by atoms with Gasteiger partial charge in [-0.15, -0.1) is 0 Å². The van der Waals surface area contributed by atoms with Crippen molar-refractivity contribution in [2.45, 2.75) is 43.9 Å². The lowest BCUT2D eigenvalue weighted by atomic mass is 9.48. The number of hydrogen-bond acceptors (Lipinski definition) is 3. The van der Waals surface area contributed by atoms with E-state index in [1.165, 1.54) is 68.4 Å². The minimum atomic E-state index is -3.70. The number of anilines is 2. The van der Waals surface area contributed by atoms with E-state index in [1.54, 1.807) is 0 Å². The summed E-state index contributed by atoms with van der Waals surface area (Å²) >= 11 is 0. The zero-order chi connectivity index (χ0) is 22.5. The molecule has 1 amide bonds. The van der Waals surface area contributed by atoms with Crippen LogP contribution in [0.1, 0.15) is 44.1 Å². The third kappa shape index (κ3) is 4.15. The summed E-state index contributed by atoms with van der Waals surface area (Å²) in [7, 11) is -3.70. The standard InChI is InChI=1S/C25H29FN2O3S/c1-32(30,31)28(23-8-4-21(26)5-9-23)16-24(29)27-22-6-2-20(3-7-22)25-13-17-10-18(14-25)12-19(11-17)15-25/h2-9,17-19H,10-16H2,1H3,(H,27,29). The molecule has 4 saturated carbocycles. The maximum atomic E-state index is 13.2. The highest BCUT2D eigenvalue weighted by Gasteiger charge is 2.51. The number of halogens is 1. The third-order valence-electron chi connectivity index (χ3n) is 7.62. The van der Waals surface area contributed by atoms with Crippen molar-refractivity contribution in [3.8, 4) is 0 Å². The SMILES string of the molecule is CS(=O)(=O)N(CC(=O)Nc1ccc(C23CC4CC(CC(C4)C2)C3)cc1)c1ccc(F)cc1. The summed E-state index contributed by atoms with van der Waals surface area (Å²) in [6.07, 6.45) is 9.09. The lowest BCUT2D eigenvalue weighted by molar-refractivity contribution is -0.114. The molecular formula is C25H29FN2O3S. The molecule has 4 aliphatic rings. The van der Waals surface area contributed by atoms with Crippen molar-refractivity contribution < 1.29 is 17.6 Å². The van der Waals surface area contributed by atoms with Crippen LogP contribution in [0.25, 0.3) is 0 Å². The Morgan fingerprint density at radius 1 is 0.969 bits per heavy atom. The van der Waals surface area contributed by atoms with E-state index in [0.717, 1.165) is 28.3 Å². The Hall–Kier alpha value is -2.41. The fraction of sp³-hybridized carbons (Fsp3) is 0.480. The van der Waals surface area contributed by atoms with Crippen LogP contribution in [-0.2, 0) is 20.2 Å². The van der Waals surface area contributed by atoms with E-state index in [9.17, 15) is 17.6 Å². The van der Waals surface area contributed by atoms with Crippen LogP contribution in [0.4, 0.5) is 15.8 Å². The first-order valence-electron chi connectivity index (χ1n) is 11.3. The normalized spacial score (nSPS) is 28.5. The van der Waals surface area contributed by atoms with Gasteiger partial charge in [0, 0.05) is 5.69 Å². The number of amides is 1. The van der Waals surface area contributed by atoms with Crippen molar-refractivity contribution in [1.29, 1.82) is 0 Å². The van der Waals surface area contributed by atoms with Crippen molar-refractivity contribution in [2.75, 3.05) is 22.4 Å². The summed E-state index contributed by atoms with van der Waals surface area (Å²) in [5.74, 6) is 1.70. The molecule has 4 bridgehead atoms. The number of carbonyl (C=O) groups excluding carboxylic acids is 1. The van der Waals surface area contributed by atoms with Crippen molar-refractivity contribution in [3.63, 3.8) is 0 Å². The van der Waals surface area contributed by atoms with E-state index in [1.807, 2.05) is 12.1 Å². The smallest absolute Gasteiger partial charge is 0.245 e. The second-order valence-corrected chi connectivity index (χ2v) is 12.0. The van der Waals surface area contributed by atoms with Gasteiger partial charge in [0.05, 0.1) is 11.9 Å². The summed E-state index contributed by atoms with van der Waals surface area (Å²) in [6, 6.07) is 13.2. The first-order chi connectivity index (χ1) is 15.2. The molecule has 7 heteroatoms. The Morgan fingerprint density at radius 3 is 2.00 bits per heavy atom. The number of nitrogens with one attached hydrogen (secondary N) is 1. The third-order valence-corrected chi connectivity index (χ3v) is 8.76. The molecule has 170 valence electrons. The molecule has 2 aromatic carbocycles. The van der Waals surface area contributed by atoms with Gasteiger partial charge in [-0.1, -0.05) is 12.1 Å². The van der Waals surface area contributed by atoms with Gasteiger partial charge in [0.1, 0.15) is 12.4 Å². The number of sulfonamides is 1. The molecule has 0 radical (unpaired) electrons. The van der Waals surface area contributed by atoms with Gasteiger partial charge in [-0.2, -0.15) is 0 Å². The van der Waals surface area contributed by atoms with Crippen molar-refractivity contribution >= 4 is 27.3 Å². The minimum absolute atomic E-state index is 0.251. The molecule has 0 aromatic heterocycles. The highest BCUT2D eigenvalue weighted by Crippen LogP contribution is 2.60. The van der Waals surface area contributed by atoms with Crippen LogP contribution in [0.3, 0.4) is 0 Å². The zero-order valence-corrected chi connectivity index (χ0v) is 19.1. The molecular weight excluding hydrogens is 427 g/mol. The van der Waals surface area contributed by atoms with Crippen molar-refractivity contribution in [1.82, 2.24) is 0 Å². The molecule has 1 N–H and O–H groups in total. The lowest BCUT2D eigenvalue weighted by Crippen LogP contribution is -2.48. The topological polar surface area (TPSA) is 66.5 Å². The molecule has 0 heterocycles. The van der Waals surface area contributed by atoms with E-state index in [4.69, 9.17) is 0 Å². The van der Waals surface area contributed by atoms with Crippen molar-refractivity contribution in [2.24, 2.45) is 17.8 Å². The summed E-state index contributed by atoms with van der Waals surface area (Å²) in [5, 5.41) is 2.81. The van der Waals surface area contributed by atoms with E-state index < -0.39 is 21.7 Å². The largest absolute Gasteiger partial charge is 0.325 e. The van der Waals surface area contributed by atoms with Gasteiger partial charge in [0.15, 0.2) is 0 Å². The van der Waals surface area contributed by atoms with Gasteiger partial charge in [-0.3, -0.25) is 9.10 Å². The van der Waals surface area contributed by atoms with Crippen LogP contribution >= 0.6 is 0 Å². The Balaban J connectivity index is 1.28. The molecule has 0 saturated heterocycles. The molecule has 0 atom stereocenters. The molecule has 0 unspecified atom stereocenters. The predicted octanol–water partition coefficient (Wildman–Crippen LogP) is 4.70. The Morgan fingerprint density at radius 2 is 1.50 bits per heavy atom. The summed E-state index contributed by atoms with van der Waals surface area (Å²) < 4.78 is 38.6.